The number of nitrogens with zero attached hydrogens (tertiary/aromatic N) is 2. The minimum Gasteiger partial charge on any atom is -0.477 e. The Morgan fingerprint density at radius 1 is 1.29 bits per heavy atom. The van der Waals surface area contributed by atoms with Gasteiger partial charge in [-0.2, -0.15) is 0 Å². The van der Waals surface area contributed by atoms with Crippen LogP contribution in [0.3, 0.4) is 0 Å². The van der Waals surface area contributed by atoms with E-state index in [0.717, 1.165) is 12.8 Å². The number of aryl methyl sites for hydroxylation is 1. The summed E-state index contributed by atoms with van der Waals surface area (Å²) in [7, 11) is 0. The minimum absolute atomic E-state index is 0.0234. The molecule has 0 amide bonds. The molecule has 1 atom stereocenters. The van der Waals surface area contributed by atoms with Crippen LogP contribution in [0.2, 0.25) is 0 Å². The normalized spacial score (nSPS) is 21.5. The smallest absolute Gasteiger partial charge is 0.341 e. The molecule has 2 heterocycles. The lowest BCUT2D eigenvalue weighted by Gasteiger charge is -2.25. The van der Waals surface area contributed by atoms with Crippen LogP contribution in [0.4, 0.5) is 14.5 Å². The van der Waals surface area contributed by atoms with Crippen molar-refractivity contribution in [2.75, 3.05) is 18.0 Å². The van der Waals surface area contributed by atoms with E-state index in [2.05, 4.69) is 0 Å². The van der Waals surface area contributed by atoms with Crippen molar-refractivity contribution in [3.8, 4) is 0 Å². The molecule has 8 heteroatoms. The fourth-order valence-corrected chi connectivity index (χ4v) is 4.10. The molecule has 1 aliphatic carbocycles. The van der Waals surface area contributed by atoms with E-state index in [1.165, 1.54) is 17.7 Å². The van der Waals surface area contributed by atoms with Crippen molar-refractivity contribution in [1.29, 1.82) is 0 Å². The van der Waals surface area contributed by atoms with Crippen LogP contribution in [0.5, 0.6) is 0 Å². The lowest BCUT2D eigenvalue weighted by atomic mass is 9.89. The minimum atomic E-state index is -1.40. The number of anilines is 1. The van der Waals surface area contributed by atoms with Gasteiger partial charge in [-0.15, -0.1) is 0 Å². The van der Waals surface area contributed by atoms with Crippen molar-refractivity contribution in [3.05, 3.63) is 39.2 Å². The fraction of sp³-hybridized carbons (Fsp3) is 0.500. The third-order valence-corrected chi connectivity index (χ3v) is 6.07. The zero-order valence-electron chi connectivity index (χ0n) is 16.1. The maximum Gasteiger partial charge on any atom is 0.341 e. The summed E-state index contributed by atoms with van der Waals surface area (Å²) in [5.41, 5.74) is 4.25. The van der Waals surface area contributed by atoms with Gasteiger partial charge in [-0.05, 0) is 25.2 Å². The molecule has 150 valence electrons. The number of pyridine rings is 1. The maximum absolute atomic E-state index is 15.7. The van der Waals surface area contributed by atoms with Crippen LogP contribution in [0, 0.1) is 24.0 Å². The molecule has 1 aromatic carbocycles. The zero-order valence-corrected chi connectivity index (χ0v) is 16.1. The molecule has 2 aromatic rings. The van der Waals surface area contributed by atoms with Crippen molar-refractivity contribution < 1.29 is 18.7 Å². The second-order valence-corrected chi connectivity index (χ2v) is 8.62. The van der Waals surface area contributed by atoms with Crippen molar-refractivity contribution in [3.63, 3.8) is 0 Å². The molecular weight excluding hydrogens is 368 g/mol. The lowest BCUT2D eigenvalue weighted by Crippen LogP contribution is -2.35. The summed E-state index contributed by atoms with van der Waals surface area (Å²) in [4.78, 5) is 25.8. The van der Waals surface area contributed by atoms with Crippen molar-refractivity contribution in [2.24, 2.45) is 11.1 Å². The van der Waals surface area contributed by atoms with Gasteiger partial charge >= 0.3 is 5.97 Å². The first-order chi connectivity index (χ1) is 13.0. The predicted octanol–water partition coefficient (Wildman–Crippen LogP) is 2.79. The van der Waals surface area contributed by atoms with Crippen molar-refractivity contribution in [1.82, 2.24) is 4.57 Å². The van der Waals surface area contributed by atoms with Gasteiger partial charge in [0.15, 0.2) is 11.6 Å². The second-order valence-electron chi connectivity index (χ2n) is 8.62. The molecule has 6 nitrogen and oxygen atoms in total. The van der Waals surface area contributed by atoms with Gasteiger partial charge in [-0.1, -0.05) is 13.8 Å². The van der Waals surface area contributed by atoms with Crippen LogP contribution >= 0.6 is 0 Å². The summed E-state index contributed by atoms with van der Waals surface area (Å²) in [5.74, 6) is -3.07. The summed E-state index contributed by atoms with van der Waals surface area (Å²) in [6.45, 7) is 5.97. The van der Waals surface area contributed by atoms with E-state index in [9.17, 15) is 14.7 Å². The van der Waals surface area contributed by atoms with Crippen molar-refractivity contribution in [2.45, 2.75) is 45.7 Å². The molecule has 1 saturated carbocycles. The van der Waals surface area contributed by atoms with Gasteiger partial charge < -0.3 is 20.3 Å². The number of benzene rings is 1. The molecular formula is C20H23F2N3O3. The molecule has 1 saturated heterocycles. The fourth-order valence-electron chi connectivity index (χ4n) is 4.10. The van der Waals surface area contributed by atoms with Crippen LogP contribution in [-0.2, 0) is 0 Å². The summed E-state index contributed by atoms with van der Waals surface area (Å²) in [6, 6.07) is -0.340. The van der Waals surface area contributed by atoms with Crippen LogP contribution in [0.1, 0.15) is 48.7 Å². The summed E-state index contributed by atoms with van der Waals surface area (Å²) < 4.78 is 32.4. The van der Waals surface area contributed by atoms with Crippen LogP contribution in [0.15, 0.2) is 11.0 Å². The Bertz CT molecular complexity index is 1070. The highest BCUT2D eigenvalue weighted by Gasteiger charge is 2.40. The van der Waals surface area contributed by atoms with Gasteiger partial charge in [0.2, 0.25) is 5.43 Å². The Balaban J connectivity index is 2.06. The van der Waals surface area contributed by atoms with E-state index in [1.54, 1.807) is 4.90 Å². The molecule has 3 N–H and O–H groups in total. The zero-order chi connectivity index (χ0) is 20.5. The van der Waals surface area contributed by atoms with E-state index in [1.807, 2.05) is 13.8 Å². The SMILES string of the molecule is Cc1c(F)c(N2C[C@@H](N)C(C)(C)C2)c(F)c2c1c(=O)c(C(=O)O)cn2C1CC1. The monoisotopic (exact) mass is 391 g/mol. The molecule has 0 spiro atoms. The number of carboxylic acid groups (broad SMARTS) is 1. The number of fused-ring (bicyclic) bond motifs is 1. The highest BCUT2D eigenvalue weighted by molar-refractivity contribution is 5.95. The summed E-state index contributed by atoms with van der Waals surface area (Å²) >= 11 is 0. The largest absolute Gasteiger partial charge is 0.477 e. The first-order valence-electron chi connectivity index (χ1n) is 9.34. The van der Waals surface area contributed by atoms with Crippen LogP contribution < -0.4 is 16.1 Å². The first-order valence-corrected chi connectivity index (χ1v) is 9.34. The highest BCUT2D eigenvalue weighted by Crippen LogP contribution is 2.42. The van der Waals surface area contributed by atoms with Gasteiger partial charge in [-0.25, -0.2) is 13.6 Å². The Morgan fingerprint density at radius 2 is 1.93 bits per heavy atom. The van der Waals surface area contributed by atoms with Gasteiger partial charge in [0.25, 0.3) is 0 Å². The van der Waals surface area contributed by atoms with Crippen molar-refractivity contribution >= 4 is 22.6 Å². The topological polar surface area (TPSA) is 88.6 Å². The number of hydrogen-bond donors (Lipinski definition) is 2. The predicted molar refractivity (Wildman–Crippen MR) is 102 cm³/mol. The maximum atomic E-state index is 15.7. The average Bonchev–Trinajstić information content (AvgIpc) is 3.39. The summed E-state index contributed by atoms with van der Waals surface area (Å²) in [5, 5.41) is 9.17. The van der Waals surface area contributed by atoms with Gasteiger partial charge in [0, 0.05) is 36.9 Å². The number of aromatic nitrogens is 1. The first kappa shape index (κ1) is 18.9. The Labute approximate surface area is 160 Å². The Morgan fingerprint density at radius 3 is 2.43 bits per heavy atom. The number of halogens is 2. The number of hydrogen-bond acceptors (Lipinski definition) is 4. The molecule has 4 rings (SSSR count). The Hall–Kier alpha value is -2.48. The van der Waals surface area contributed by atoms with E-state index < -0.39 is 28.6 Å². The molecule has 2 aliphatic rings. The second kappa shape index (κ2) is 6.01. The quantitative estimate of drug-likeness (QED) is 0.840. The van der Waals surface area contributed by atoms with Crippen LogP contribution in [-0.4, -0.2) is 34.8 Å². The molecule has 1 aliphatic heterocycles. The van der Waals surface area contributed by atoms with Gasteiger partial charge in [-0.3, -0.25) is 4.79 Å². The number of nitrogens with two attached hydrogens (primary N) is 1. The third-order valence-electron chi connectivity index (χ3n) is 6.07. The van der Waals surface area contributed by atoms with Gasteiger partial charge in [0.1, 0.15) is 11.3 Å². The highest BCUT2D eigenvalue weighted by atomic mass is 19.1. The number of carboxylic acids is 1. The van der Waals surface area contributed by atoms with E-state index >= 15 is 8.78 Å². The molecule has 0 bridgehead atoms. The molecule has 0 unspecified atom stereocenters. The molecule has 0 radical (unpaired) electrons. The van der Waals surface area contributed by atoms with Gasteiger partial charge in [0.05, 0.1) is 10.9 Å². The number of aromatic carboxylic acids is 1. The number of carbonyl (C=O) groups is 1. The average molecular weight is 391 g/mol. The van der Waals surface area contributed by atoms with E-state index in [-0.39, 0.29) is 39.7 Å². The Kier molecular flexibility index (Phi) is 4.05. The molecule has 2 fully saturated rings. The lowest BCUT2D eigenvalue weighted by molar-refractivity contribution is 0.0695. The molecule has 28 heavy (non-hydrogen) atoms. The molecule has 1 aromatic heterocycles. The van der Waals surface area contributed by atoms with E-state index in [4.69, 9.17) is 5.73 Å². The van der Waals surface area contributed by atoms with E-state index in [0.29, 0.717) is 13.1 Å². The summed E-state index contributed by atoms with van der Waals surface area (Å²) in [6.07, 6.45) is 2.70. The van der Waals surface area contributed by atoms with Crippen LogP contribution in [0.25, 0.3) is 10.9 Å². The standard InChI is InChI=1S/C20H23F2N3O3/c1-9-13-16(25(10-4-5-10)6-11(18(13)26)19(27)28)15(22)17(14(9)21)24-7-12(23)20(2,3)8-24/h6,10,12H,4-5,7-8,23H2,1-3H3,(H,27,28)/t12-/m1/s1. The number of rotatable bonds is 3. The third kappa shape index (κ3) is 2.62.